The number of carbonyl (C=O) groups is 1. The molecule has 0 bridgehead atoms. The van der Waals surface area contributed by atoms with Gasteiger partial charge >= 0.3 is 6.03 Å². The number of aromatic nitrogens is 2. The molecule has 2 heterocycles. The predicted octanol–water partition coefficient (Wildman–Crippen LogP) is 5.44. The van der Waals surface area contributed by atoms with Crippen LogP contribution in [0.4, 0.5) is 9.18 Å². The molecule has 1 atom stereocenters. The highest BCUT2D eigenvalue weighted by atomic mass is 19.1. The van der Waals surface area contributed by atoms with Gasteiger partial charge in [0, 0.05) is 17.8 Å². The summed E-state index contributed by atoms with van der Waals surface area (Å²) in [7, 11) is 3.00. The van der Waals surface area contributed by atoms with Crippen LogP contribution in [-0.4, -0.2) is 41.8 Å². The SMILES string of the molecule is COc1ccc(C2NC(=O)N(CCC(C)C)C(C)=C2c2nc(-c3ccc(OC)c(F)c3)no2)cc1. The fraction of sp³-hybridized carbons (Fsp3) is 0.346. The number of amides is 2. The van der Waals surface area contributed by atoms with Gasteiger partial charge in [0.25, 0.3) is 5.89 Å². The zero-order valence-electron chi connectivity index (χ0n) is 20.5. The number of hydrogen-bond donors (Lipinski definition) is 1. The van der Waals surface area contributed by atoms with E-state index in [2.05, 4.69) is 29.3 Å². The van der Waals surface area contributed by atoms with Gasteiger partial charge in [0.1, 0.15) is 5.75 Å². The molecule has 1 unspecified atom stereocenters. The average Bonchev–Trinajstić information content (AvgIpc) is 3.33. The highest BCUT2D eigenvalue weighted by Gasteiger charge is 2.35. The quantitative estimate of drug-likeness (QED) is 0.462. The minimum Gasteiger partial charge on any atom is -0.497 e. The number of benzene rings is 2. The van der Waals surface area contributed by atoms with Crippen LogP contribution in [0.25, 0.3) is 17.0 Å². The smallest absolute Gasteiger partial charge is 0.322 e. The van der Waals surface area contributed by atoms with Gasteiger partial charge in [-0.1, -0.05) is 31.1 Å². The number of carbonyl (C=O) groups excluding carboxylic acids is 1. The first-order valence-corrected chi connectivity index (χ1v) is 11.4. The van der Waals surface area contributed by atoms with Gasteiger partial charge in [0.05, 0.1) is 25.8 Å². The molecular weight excluding hydrogens is 451 g/mol. The number of nitrogens with zero attached hydrogens (tertiary/aromatic N) is 3. The van der Waals surface area contributed by atoms with Crippen LogP contribution < -0.4 is 14.8 Å². The lowest BCUT2D eigenvalue weighted by molar-refractivity contribution is 0.202. The third kappa shape index (κ3) is 4.99. The van der Waals surface area contributed by atoms with Gasteiger partial charge < -0.3 is 19.3 Å². The molecule has 0 aliphatic carbocycles. The fourth-order valence-electron chi connectivity index (χ4n) is 4.02. The van der Waals surface area contributed by atoms with Crippen LogP contribution in [0.1, 0.15) is 44.7 Å². The molecule has 3 aromatic rings. The maximum Gasteiger partial charge on any atom is 0.322 e. The molecule has 2 amide bonds. The Bertz CT molecular complexity index is 1240. The van der Waals surface area contributed by atoms with E-state index in [1.165, 1.54) is 19.2 Å². The summed E-state index contributed by atoms with van der Waals surface area (Å²) in [6, 6.07) is 11.2. The van der Waals surface area contributed by atoms with E-state index in [4.69, 9.17) is 14.0 Å². The van der Waals surface area contributed by atoms with E-state index in [0.717, 1.165) is 17.7 Å². The molecule has 9 heteroatoms. The second-order valence-electron chi connectivity index (χ2n) is 8.76. The van der Waals surface area contributed by atoms with Crippen molar-refractivity contribution in [1.82, 2.24) is 20.4 Å². The summed E-state index contributed by atoms with van der Waals surface area (Å²) in [5.74, 6) is 1.24. The molecule has 0 spiro atoms. The second-order valence-corrected chi connectivity index (χ2v) is 8.76. The lowest BCUT2D eigenvalue weighted by atomic mass is 9.94. The van der Waals surface area contributed by atoms with Gasteiger partial charge in [-0.3, -0.25) is 4.90 Å². The Hall–Kier alpha value is -3.88. The number of rotatable bonds is 8. The summed E-state index contributed by atoms with van der Waals surface area (Å²) in [5, 5.41) is 7.17. The van der Waals surface area contributed by atoms with Crippen molar-refractivity contribution in [2.75, 3.05) is 20.8 Å². The molecule has 1 aliphatic heterocycles. The van der Waals surface area contributed by atoms with Gasteiger partial charge in [-0.05, 0) is 55.2 Å². The maximum absolute atomic E-state index is 14.3. The van der Waals surface area contributed by atoms with E-state index < -0.39 is 11.9 Å². The second kappa shape index (κ2) is 10.2. The monoisotopic (exact) mass is 480 g/mol. The van der Waals surface area contributed by atoms with Crippen molar-refractivity contribution in [1.29, 1.82) is 0 Å². The Balaban J connectivity index is 1.77. The molecule has 1 N–H and O–H groups in total. The molecule has 0 radical (unpaired) electrons. The minimum atomic E-state index is -0.521. The average molecular weight is 481 g/mol. The van der Waals surface area contributed by atoms with Crippen LogP contribution in [0.3, 0.4) is 0 Å². The van der Waals surface area contributed by atoms with Crippen LogP contribution in [0.5, 0.6) is 11.5 Å². The van der Waals surface area contributed by atoms with E-state index in [0.29, 0.717) is 29.3 Å². The lowest BCUT2D eigenvalue weighted by Crippen LogP contribution is -2.46. The molecule has 0 saturated heterocycles. The van der Waals surface area contributed by atoms with Crippen LogP contribution in [0.2, 0.25) is 0 Å². The van der Waals surface area contributed by atoms with Crippen molar-refractivity contribution in [3.63, 3.8) is 0 Å². The summed E-state index contributed by atoms with van der Waals surface area (Å²) in [6.45, 7) is 6.65. The molecule has 35 heavy (non-hydrogen) atoms. The minimum absolute atomic E-state index is 0.131. The Morgan fingerprint density at radius 2 is 1.89 bits per heavy atom. The summed E-state index contributed by atoms with van der Waals surface area (Å²) >= 11 is 0. The Morgan fingerprint density at radius 3 is 2.51 bits per heavy atom. The van der Waals surface area contributed by atoms with Gasteiger partial charge in [0.15, 0.2) is 11.6 Å². The Labute approximate surface area is 203 Å². The first-order chi connectivity index (χ1) is 16.8. The van der Waals surface area contributed by atoms with E-state index in [-0.39, 0.29) is 23.5 Å². The predicted molar refractivity (Wildman–Crippen MR) is 129 cm³/mol. The van der Waals surface area contributed by atoms with Gasteiger partial charge in [0.2, 0.25) is 5.82 Å². The normalized spacial score (nSPS) is 16.0. The molecule has 184 valence electrons. The van der Waals surface area contributed by atoms with E-state index in [9.17, 15) is 9.18 Å². The van der Waals surface area contributed by atoms with Crippen molar-refractivity contribution < 1.29 is 23.2 Å². The van der Waals surface area contributed by atoms with E-state index in [1.807, 2.05) is 31.2 Å². The van der Waals surface area contributed by atoms with Gasteiger partial charge in [-0.2, -0.15) is 4.98 Å². The number of allylic oxidation sites excluding steroid dienone is 1. The van der Waals surface area contributed by atoms with Crippen LogP contribution >= 0.6 is 0 Å². The highest BCUT2D eigenvalue weighted by molar-refractivity contribution is 5.86. The lowest BCUT2D eigenvalue weighted by Gasteiger charge is -2.35. The first-order valence-electron chi connectivity index (χ1n) is 11.4. The summed E-state index contributed by atoms with van der Waals surface area (Å²) in [4.78, 5) is 19.3. The zero-order chi connectivity index (χ0) is 25.1. The third-order valence-electron chi connectivity index (χ3n) is 6.04. The summed E-state index contributed by atoms with van der Waals surface area (Å²) in [6.07, 6.45) is 0.839. The van der Waals surface area contributed by atoms with Crippen LogP contribution in [0.15, 0.2) is 52.7 Å². The van der Waals surface area contributed by atoms with Crippen LogP contribution in [-0.2, 0) is 0 Å². The Morgan fingerprint density at radius 1 is 1.14 bits per heavy atom. The molecule has 4 rings (SSSR count). The molecule has 0 saturated carbocycles. The molecular formula is C26H29FN4O4. The number of nitrogens with one attached hydrogen (secondary N) is 1. The van der Waals surface area contributed by atoms with E-state index in [1.54, 1.807) is 18.1 Å². The Kier molecular flexibility index (Phi) is 7.04. The number of halogens is 1. The van der Waals surface area contributed by atoms with Gasteiger partial charge in [-0.25, -0.2) is 9.18 Å². The first kappa shape index (κ1) is 24.3. The van der Waals surface area contributed by atoms with Gasteiger partial charge in [-0.15, -0.1) is 0 Å². The zero-order valence-corrected chi connectivity index (χ0v) is 20.5. The summed E-state index contributed by atoms with van der Waals surface area (Å²) < 4.78 is 30.2. The van der Waals surface area contributed by atoms with E-state index >= 15 is 0 Å². The molecule has 1 aromatic heterocycles. The topological polar surface area (TPSA) is 89.7 Å². The number of urea groups is 1. The molecule has 0 fully saturated rings. The number of hydrogen-bond acceptors (Lipinski definition) is 6. The number of methoxy groups -OCH3 is 2. The van der Waals surface area contributed by atoms with Crippen molar-refractivity contribution in [3.8, 4) is 22.9 Å². The largest absolute Gasteiger partial charge is 0.497 e. The molecule has 1 aliphatic rings. The molecule has 8 nitrogen and oxygen atoms in total. The van der Waals surface area contributed by atoms with Crippen molar-refractivity contribution in [2.45, 2.75) is 33.2 Å². The number of ether oxygens (including phenoxy) is 2. The standard InChI is InChI=1S/C26H29FN4O4/c1-15(2)12-13-31-16(3)22(23(28-26(31)32)17-6-9-19(33-4)10-7-17)25-29-24(30-35-25)18-8-11-21(34-5)20(27)14-18/h6-11,14-15,23H,12-13H2,1-5H3,(H,28,32). The van der Waals surface area contributed by atoms with Crippen LogP contribution in [0, 0.1) is 11.7 Å². The highest BCUT2D eigenvalue weighted by Crippen LogP contribution is 2.38. The third-order valence-corrected chi connectivity index (χ3v) is 6.04. The molecule has 2 aromatic carbocycles. The van der Waals surface area contributed by atoms with Crippen molar-refractivity contribution >= 4 is 11.6 Å². The maximum atomic E-state index is 14.3. The summed E-state index contributed by atoms with van der Waals surface area (Å²) in [5.41, 5.74) is 2.71. The fourth-order valence-corrected chi connectivity index (χ4v) is 4.02. The van der Waals surface area contributed by atoms with Crippen molar-refractivity contribution in [3.05, 3.63) is 65.4 Å². The van der Waals surface area contributed by atoms with Crippen molar-refractivity contribution in [2.24, 2.45) is 5.92 Å².